The van der Waals surface area contributed by atoms with E-state index in [9.17, 15) is 18.3 Å². The van der Waals surface area contributed by atoms with Gasteiger partial charge in [0.1, 0.15) is 17.1 Å². The van der Waals surface area contributed by atoms with Gasteiger partial charge in [0.15, 0.2) is 9.84 Å². The molecule has 7 heteroatoms. The number of carbonyl (C=O) groups is 1. The van der Waals surface area contributed by atoms with Crippen molar-refractivity contribution in [1.29, 1.82) is 0 Å². The lowest BCUT2D eigenvalue weighted by Gasteiger charge is -2.09. The van der Waals surface area contributed by atoms with Crippen LogP contribution in [0.25, 0.3) is 10.8 Å². The van der Waals surface area contributed by atoms with Gasteiger partial charge in [-0.25, -0.2) is 13.2 Å². The van der Waals surface area contributed by atoms with E-state index in [0.29, 0.717) is 0 Å². The van der Waals surface area contributed by atoms with Gasteiger partial charge in [-0.2, -0.15) is 0 Å². The van der Waals surface area contributed by atoms with Gasteiger partial charge in [0.05, 0.1) is 17.3 Å². The predicted molar refractivity (Wildman–Crippen MR) is 101 cm³/mol. The van der Waals surface area contributed by atoms with Gasteiger partial charge in [0.2, 0.25) is 0 Å². The van der Waals surface area contributed by atoms with Crippen molar-refractivity contribution in [3.8, 4) is 11.5 Å². The first-order valence-corrected chi connectivity index (χ1v) is 9.93. The Balaban J connectivity index is 1.60. The first kappa shape index (κ1) is 18.7. The first-order chi connectivity index (χ1) is 12.9. The van der Waals surface area contributed by atoms with Crippen molar-refractivity contribution in [2.45, 2.75) is 11.3 Å². The summed E-state index contributed by atoms with van der Waals surface area (Å²) in [4.78, 5) is 11.1. The molecular weight excluding hydrogens is 368 g/mol. The first-order valence-electron chi connectivity index (χ1n) is 8.27. The minimum Gasteiger partial charge on any atom is -0.507 e. The summed E-state index contributed by atoms with van der Waals surface area (Å²) in [5.74, 6) is -1.44. The number of aromatic carboxylic acids is 1. The maximum atomic E-state index is 12.5. The standard InChI is InChI=1S/C20H18O6S/c21-19-13-16(7-9-18(19)20(22)23)26-10-3-11-27(24,25)17-8-6-14-4-1-2-5-15(14)12-17/h1-2,4-9,12-13,21H,3,10-11H2,(H,22,23). The zero-order chi connectivity index (χ0) is 19.4. The normalized spacial score (nSPS) is 11.4. The Hall–Kier alpha value is -3.06. The molecular formula is C20H18O6S. The lowest BCUT2D eigenvalue weighted by Crippen LogP contribution is -2.10. The van der Waals surface area contributed by atoms with Crippen LogP contribution in [0, 0.1) is 0 Å². The highest BCUT2D eigenvalue weighted by molar-refractivity contribution is 7.91. The zero-order valence-electron chi connectivity index (χ0n) is 14.3. The molecule has 0 unspecified atom stereocenters. The fraction of sp³-hybridized carbons (Fsp3) is 0.150. The van der Waals surface area contributed by atoms with Gasteiger partial charge in [-0.05, 0) is 41.5 Å². The van der Waals surface area contributed by atoms with Crippen molar-refractivity contribution in [2.75, 3.05) is 12.4 Å². The molecule has 0 heterocycles. The van der Waals surface area contributed by atoms with Gasteiger partial charge in [-0.15, -0.1) is 0 Å². The lowest BCUT2D eigenvalue weighted by molar-refractivity contribution is 0.0693. The van der Waals surface area contributed by atoms with E-state index in [-0.39, 0.29) is 35.0 Å². The van der Waals surface area contributed by atoms with Gasteiger partial charge >= 0.3 is 5.97 Å². The minimum atomic E-state index is -3.44. The number of benzene rings is 3. The molecule has 0 aliphatic carbocycles. The van der Waals surface area contributed by atoms with Crippen LogP contribution in [0.4, 0.5) is 0 Å². The molecule has 2 N–H and O–H groups in total. The summed E-state index contributed by atoms with van der Waals surface area (Å²) in [5.41, 5.74) is -0.221. The predicted octanol–water partition coefficient (Wildman–Crippen LogP) is 3.49. The minimum absolute atomic E-state index is 0.0788. The summed E-state index contributed by atoms with van der Waals surface area (Å²) in [7, 11) is -3.44. The third-order valence-corrected chi connectivity index (χ3v) is 5.90. The van der Waals surface area contributed by atoms with E-state index >= 15 is 0 Å². The van der Waals surface area contributed by atoms with Crippen molar-refractivity contribution in [1.82, 2.24) is 0 Å². The summed E-state index contributed by atoms with van der Waals surface area (Å²) < 4.78 is 30.4. The molecule has 0 aliphatic heterocycles. The van der Waals surface area contributed by atoms with Crippen LogP contribution < -0.4 is 4.74 Å². The van der Waals surface area contributed by atoms with E-state index in [2.05, 4.69) is 0 Å². The summed E-state index contributed by atoms with van der Waals surface area (Å²) in [6.07, 6.45) is 0.261. The van der Waals surface area contributed by atoms with Crippen LogP contribution in [-0.2, 0) is 9.84 Å². The van der Waals surface area contributed by atoms with Crippen molar-refractivity contribution in [2.24, 2.45) is 0 Å². The third-order valence-electron chi connectivity index (χ3n) is 4.11. The molecule has 0 saturated carbocycles. The molecule has 0 radical (unpaired) electrons. The molecule has 0 atom stereocenters. The smallest absolute Gasteiger partial charge is 0.339 e. The molecule has 140 valence electrons. The van der Waals surface area contributed by atoms with Crippen LogP contribution in [0.3, 0.4) is 0 Å². The van der Waals surface area contributed by atoms with Gasteiger partial charge in [0.25, 0.3) is 0 Å². The van der Waals surface area contributed by atoms with E-state index in [1.165, 1.54) is 18.2 Å². The van der Waals surface area contributed by atoms with Crippen LogP contribution in [0.5, 0.6) is 11.5 Å². The molecule has 0 bridgehead atoms. The Morgan fingerprint density at radius 3 is 2.41 bits per heavy atom. The molecule has 3 aromatic rings. The summed E-state index contributed by atoms with van der Waals surface area (Å²) in [6, 6.07) is 16.4. The Morgan fingerprint density at radius 1 is 0.963 bits per heavy atom. The monoisotopic (exact) mass is 386 g/mol. The SMILES string of the molecule is O=C(O)c1ccc(OCCCS(=O)(=O)c2ccc3ccccc3c2)cc1O. The highest BCUT2D eigenvalue weighted by atomic mass is 32.2. The number of fused-ring (bicyclic) bond motifs is 1. The molecule has 0 spiro atoms. The van der Waals surface area contributed by atoms with E-state index in [1.807, 2.05) is 24.3 Å². The average Bonchev–Trinajstić information content (AvgIpc) is 2.64. The second-order valence-electron chi connectivity index (χ2n) is 6.01. The average molecular weight is 386 g/mol. The van der Waals surface area contributed by atoms with Crippen LogP contribution >= 0.6 is 0 Å². The molecule has 3 rings (SSSR count). The second-order valence-corrected chi connectivity index (χ2v) is 8.12. The van der Waals surface area contributed by atoms with Gasteiger partial charge < -0.3 is 14.9 Å². The number of hydrogen-bond acceptors (Lipinski definition) is 5. The molecule has 0 aliphatic rings. The number of carboxylic acid groups (broad SMARTS) is 1. The number of ether oxygens (including phenoxy) is 1. The Morgan fingerprint density at radius 2 is 1.70 bits per heavy atom. The van der Waals surface area contributed by atoms with Crippen molar-refractivity contribution < 1.29 is 28.2 Å². The summed E-state index contributed by atoms with van der Waals surface area (Å²) >= 11 is 0. The van der Waals surface area contributed by atoms with Crippen molar-refractivity contribution in [3.05, 3.63) is 66.2 Å². The van der Waals surface area contributed by atoms with Gasteiger partial charge in [0, 0.05) is 6.07 Å². The number of phenols is 1. The van der Waals surface area contributed by atoms with E-state index in [0.717, 1.165) is 10.8 Å². The Labute approximate surface area is 156 Å². The molecule has 0 fully saturated rings. The zero-order valence-corrected chi connectivity index (χ0v) is 15.1. The van der Waals surface area contributed by atoms with E-state index in [4.69, 9.17) is 9.84 Å². The fourth-order valence-corrected chi connectivity index (χ4v) is 4.02. The summed E-state index contributed by atoms with van der Waals surface area (Å²) in [5, 5.41) is 20.3. The molecule has 0 amide bonds. The topological polar surface area (TPSA) is 101 Å². The number of hydrogen-bond donors (Lipinski definition) is 2. The number of carboxylic acids is 1. The van der Waals surface area contributed by atoms with Crippen LogP contribution in [-0.4, -0.2) is 37.0 Å². The van der Waals surface area contributed by atoms with Gasteiger partial charge in [-0.1, -0.05) is 30.3 Å². The van der Waals surface area contributed by atoms with E-state index in [1.54, 1.807) is 18.2 Å². The Bertz CT molecular complexity index is 1090. The van der Waals surface area contributed by atoms with Crippen molar-refractivity contribution >= 4 is 26.6 Å². The molecule has 6 nitrogen and oxygen atoms in total. The highest BCUT2D eigenvalue weighted by Gasteiger charge is 2.15. The van der Waals surface area contributed by atoms with Gasteiger partial charge in [-0.3, -0.25) is 0 Å². The highest BCUT2D eigenvalue weighted by Crippen LogP contribution is 2.24. The maximum Gasteiger partial charge on any atom is 0.339 e. The molecule has 3 aromatic carbocycles. The largest absolute Gasteiger partial charge is 0.507 e. The van der Waals surface area contributed by atoms with Crippen LogP contribution in [0.2, 0.25) is 0 Å². The van der Waals surface area contributed by atoms with Crippen molar-refractivity contribution in [3.63, 3.8) is 0 Å². The number of rotatable bonds is 7. The number of sulfone groups is 1. The number of aromatic hydroxyl groups is 1. The molecule has 0 saturated heterocycles. The molecule has 0 aromatic heterocycles. The lowest BCUT2D eigenvalue weighted by atomic mass is 10.1. The van der Waals surface area contributed by atoms with Crippen LogP contribution in [0.15, 0.2) is 65.6 Å². The van der Waals surface area contributed by atoms with Crippen LogP contribution in [0.1, 0.15) is 16.8 Å². The summed E-state index contributed by atoms with van der Waals surface area (Å²) in [6.45, 7) is 0.124. The second kappa shape index (κ2) is 7.67. The quantitative estimate of drug-likeness (QED) is 0.603. The van der Waals surface area contributed by atoms with E-state index < -0.39 is 21.6 Å². The maximum absolute atomic E-state index is 12.5. The third kappa shape index (κ3) is 4.38. The Kier molecular flexibility index (Phi) is 5.32. The fourth-order valence-electron chi connectivity index (χ4n) is 2.70. The molecule has 27 heavy (non-hydrogen) atoms.